The van der Waals surface area contributed by atoms with Gasteiger partial charge in [-0.05, 0) is 42.3 Å². The van der Waals surface area contributed by atoms with Gasteiger partial charge in [0.25, 0.3) is 0 Å². The Kier molecular flexibility index (Phi) is 5.11. The zero-order valence-electron chi connectivity index (χ0n) is 13.3. The van der Waals surface area contributed by atoms with Crippen LogP contribution in [0, 0.1) is 11.3 Å². The van der Waals surface area contributed by atoms with Crippen molar-refractivity contribution < 1.29 is 4.79 Å². The van der Waals surface area contributed by atoms with Crippen molar-refractivity contribution in [2.45, 2.75) is 49.1 Å². The molecule has 0 saturated heterocycles. The average molecular weight is 342 g/mol. The van der Waals surface area contributed by atoms with E-state index >= 15 is 0 Å². The summed E-state index contributed by atoms with van der Waals surface area (Å²) in [7, 11) is 0. The lowest BCUT2D eigenvalue weighted by Crippen LogP contribution is -2.23. The van der Waals surface area contributed by atoms with E-state index in [9.17, 15) is 4.79 Å². The van der Waals surface area contributed by atoms with Gasteiger partial charge in [-0.25, -0.2) is 4.68 Å². The molecule has 1 fully saturated rings. The number of tetrazole rings is 1. The van der Waals surface area contributed by atoms with E-state index in [0.717, 1.165) is 12.8 Å². The van der Waals surface area contributed by atoms with Gasteiger partial charge in [0.15, 0.2) is 0 Å². The molecule has 8 heteroatoms. The van der Waals surface area contributed by atoms with Crippen LogP contribution in [0.25, 0.3) is 0 Å². The van der Waals surface area contributed by atoms with Gasteiger partial charge < -0.3 is 5.32 Å². The summed E-state index contributed by atoms with van der Waals surface area (Å²) in [6.45, 7) is 1.81. The van der Waals surface area contributed by atoms with Gasteiger partial charge in [0.2, 0.25) is 11.1 Å². The minimum Gasteiger partial charge on any atom is -0.324 e. The van der Waals surface area contributed by atoms with Crippen molar-refractivity contribution in [1.29, 1.82) is 5.26 Å². The lowest BCUT2D eigenvalue weighted by Gasteiger charge is -2.14. The smallest absolute Gasteiger partial charge is 0.237 e. The molecule has 7 nitrogen and oxygen atoms in total. The molecule has 1 aromatic carbocycles. The first-order valence-corrected chi connectivity index (χ1v) is 8.81. The molecule has 124 valence electrons. The number of hydrogen-bond acceptors (Lipinski definition) is 6. The molecule has 1 N–H and O–H groups in total. The Morgan fingerprint density at radius 1 is 1.42 bits per heavy atom. The number of aromatic nitrogens is 4. The minimum atomic E-state index is -0.372. The van der Waals surface area contributed by atoms with Crippen LogP contribution in [0.1, 0.15) is 44.2 Å². The maximum absolute atomic E-state index is 12.4. The number of nitrogens with one attached hydrogen (secondary N) is 1. The molecular formula is C16H18N6OS. The van der Waals surface area contributed by atoms with E-state index in [1.165, 1.54) is 24.6 Å². The highest BCUT2D eigenvalue weighted by Gasteiger charge is 2.24. The van der Waals surface area contributed by atoms with E-state index < -0.39 is 0 Å². The number of para-hydroxylation sites is 1. The Labute approximate surface area is 144 Å². The predicted molar refractivity (Wildman–Crippen MR) is 90.4 cm³/mol. The quantitative estimate of drug-likeness (QED) is 0.839. The second-order valence-corrected chi connectivity index (χ2v) is 7.06. The average Bonchev–Trinajstić information content (AvgIpc) is 3.26. The Bertz CT molecular complexity index is 762. The zero-order valence-corrected chi connectivity index (χ0v) is 14.2. The van der Waals surface area contributed by atoms with Crippen LogP contribution in [-0.2, 0) is 4.79 Å². The molecule has 0 aliphatic heterocycles. The SMILES string of the molecule is CC(Sc1nnnn1C1CCCC1)C(=O)Nc1ccccc1C#N. The van der Waals surface area contributed by atoms with Crippen molar-refractivity contribution in [3.63, 3.8) is 0 Å². The Balaban J connectivity index is 1.67. The fraction of sp³-hybridized carbons (Fsp3) is 0.438. The van der Waals surface area contributed by atoms with E-state index in [4.69, 9.17) is 5.26 Å². The number of nitriles is 1. The highest BCUT2D eigenvalue weighted by atomic mass is 32.2. The lowest BCUT2D eigenvalue weighted by atomic mass is 10.2. The largest absolute Gasteiger partial charge is 0.324 e. The Hall–Kier alpha value is -2.40. The highest BCUT2D eigenvalue weighted by molar-refractivity contribution is 8.00. The first-order chi connectivity index (χ1) is 11.7. The van der Waals surface area contributed by atoms with Crippen LogP contribution in [-0.4, -0.2) is 31.4 Å². The van der Waals surface area contributed by atoms with Gasteiger partial charge in [0, 0.05) is 0 Å². The third kappa shape index (κ3) is 3.57. The molecule has 24 heavy (non-hydrogen) atoms. The molecule has 1 unspecified atom stereocenters. The maximum atomic E-state index is 12.4. The van der Waals surface area contributed by atoms with Crippen LogP contribution in [0.4, 0.5) is 5.69 Å². The number of hydrogen-bond donors (Lipinski definition) is 1. The molecule has 3 rings (SSSR count). The van der Waals surface area contributed by atoms with Crippen molar-refractivity contribution in [2.75, 3.05) is 5.32 Å². The normalized spacial score (nSPS) is 15.8. The van der Waals surface area contributed by atoms with Gasteiger partial charge in [-0.3, -0.25) is 4.79 Å². The molecule has 1 aliphatic rings. The topological polar surface area (TPSA) is 96.5 Å². The molecule has 0 bridgehead atoms. The van der Waals surface area contributed by atoms with Crippen LogP contribution < -0.4 is 5.32 Å². The number of amides is 1. The van der Waals surface area contributed by atoms with Crippen molar-refractivity contribution in [3.8, 4) is 6.07 Å². The number of carbonyl (C=O) groups excluding carboxylic acids is 1. The molecule has 1 atom stereocenters. The van der Waals surface area contributed by atoms with Crippen LogP contribution in [0.5, 0.6) is 0 Å². The molecule has 1 amide bonds. The number of thioether (sulfide) groups is 1. The number of carbonyl (C=O) groups is 1. The van der Waals surface area contributed by atoms with Gasteiger partial charge in [0.05, 0.1) is 22.5 Å². The van der Waals surface area contributed by atoms with Gasteiger partial charge in [-0.15, -0.1) is 5.10 Å². The van der Waals surface area contributed by atoms with Gasteiger partial charge in [0.1, 0.15) is 6.07 Å². The molecule has 0 spiro atoms. The van der Waals surface area contributed by atoms with Crippen molar-refractivity contribution in [2.24, 2.45) is 0 Å². The Morgan fingerprint density at radius 3 is 2.92 bits per heavy atom. The predicted octanol–water partition coefficient (Wildman–Crippen LogP) is 2.78. The summed E-state index contributed by atoms with van der Waals surface area (Å²) in [4.78, 5) is 12.4. The second kappa shape index (κ2) is 7.45. The third-order valence-corrected chi connectivity index (χ3v) is 5.14. The number of benzene rings is 1. The second-order valence-electron chi connectivity index (χ2n) is 5.75. The molecule has 2 aromatic rings. The lowest BCUT2D eigenvalue weighted by molar-refractivity contribution is -0.115. The zero-order chi connectivity index (χ0) is 16.9. The molecular weight excluding hydrogens is 324 g/mol. The summed E-state index contributed by atoms with van der Waals surface area (Å²) in [5.74, 6) is -0.177. The summed E-state index contributed by atoms with van der Waals surface area (Å²) in [5, 5.41) is 24.1. The molecule has 1 aromatic heterocycles. The van der Waals surface area contributed by atoms with Gasteiger partial charge in [-0.1, -0.05) is 36.7 Å². The van der Waals surface area contributed by atoms with E-state index in [2.05, 4.69) is 26.9 Å². The van der Waals surface area contributed by atoms with Crippen LogP contribution >= 0.6 is 11.8 Å². The summed E-state index contributed by atoms with van der Waals surface area (Å²) in [5.41, 5.74) is 0.965. The molecule has 1 saturated carbocycles. The van der Waals surface area contributed by atoms with E-state index in [-0.39, 0.29) is 11.2 Å². The van der Waals surface area contributed by atoms with Gasteiger partial charge in [-0.2, -0.15) is 5.26 Å². The fourth-order valence-corrected chi connectivity index (χ4v) is 3.64. The van der Waals surface area contributed by atoms with Crippen molar-refractivity contribution >= 4 is 23.4 Å². The summed E-state index contributed by atoms with van der Waals surface area (Å²) >= 11 is 1.34. The highest BCUT2D eigenvalue weighted by Crippen LogP contribution is 2.32. The first kappa shape index (κ1) is 16.5. The van der Waals surface area contributed by atoms with Crippen molar-refractivity contribution in [3.05, 3.63) is 29.8 Å². The summed E-state index contributed by atoms with van der Waals surface area (Å²) in [6, 6.07) is 9.35. The molecule has 1 heterocycles. The minimum absolute atomic E-state index is 0.177. The monoisotopic (exact) mass is 342 g/mol. The third-order valence-electron chi connectivity index (χ3n) is 4.09. The van der Waals surface area contributed by atoms with Crippen molar-refractivity contribution in [1.82, 2.24) is 20.2 Å². The van der Waals surface area contributed by atoms with E-state index in [1.807, 2.05) is 11.6 Å². The fourth-order valence-electron chi connectivity index (χ4n) is 2.78. The number of nitrogens with zero attached hydrogens (tertiary/aromatic N) is 5. The first-order valence-electron chi connectivity index (χ1n) is 7.93. The van der Waals surface area contributed by atoms with Crippen LogP contribution in [0.15, 0.2) is 29.4 Å². The van der Waals surface area contributed by atoms with E-state index in [1.54, 1.807) is 24.3 Å². The summed E-state index contributed by atoms with van der Waals surface area (Å²) in [6.07, 6.45) is 4.54. The number of rotatable bonds is 5. The Morgan fingerprint density at radius 2 is 2.17 bits per heavy atom. The van der Waals surface area contributed by atoms with E-state index in [0.29, 0.717) is 22.4 Å². The standard InChI is InChI=1S/C16H18N6OS/c1-11(15(23)18-14-9-5-2-6-12(14)10-17)24-16-19-20-21-22(16)13-7-3-4-8-13/h2,5-6,9,11,13H,3-4,7-8H2,1H3,(H,18,23). The van der Waals surface area contributed by atoms with Crippen LogP contribution in [0.2, 0.25) is 0 Å². The maximum Gasteiger partial charge on any atom is 0.237 e. The summed E-state index contributed by atoms with van der Waals surface area (Å²) < 4.78 is 1.84. The van der Waals surface area contributed by atoms with Gasteiger partial charge >= 0.3 is 0 Å². The molecule has 0 radical (unpaired) electrons. The van der Waals surface area contributed by atoms with Crippen LogP contribution in [0.3, 0.4) is 0 Å². The number of anilines is 1. The molecule has 1 aliphatic carbocycles.